The molecule has 0 aliphatic heterocycles. The maximum Gasteiger partial charge on any atom is 0.408 e. The molecule has 0 bridgehead atoms. The summed E-state index contributed by atoms with van der Waals surface area (Å²) < 4.78 is 5.22. The van der Waals surface area contributed by atoms with Crippen molar-refractivity contribution in [2.24, 2.45) is 0 Å². The van der Waals surface area contributed by atoms with Crippen LogP contribution in [0.15, 0.2) is 24.3 Å². The van der Waals surface area contributed by atoms with Gasteiger partial charge in [0, 0.05) is 18.2 Å². The third-order valence-electron chi connectivity index (χ3n) is 5.70. The van der Waals surface area contributed by atoms with E-state index in [0.29, 0.717) is 11.1 Å². The second-order valence-electron chi connectivity index (χ2n) is 9.52. The van der Waals surface area contributed by atoms with Crippen molar-refractivity contribution in [1.82, 2.24) is 15.5 Å². The van der Waals surface area contributed by atoms with Crippen molar-refractivity contribution in [2.75, 3.05) is 13.2 Å². The van der Waals surface area contributed by atoms with Gasteiger partial charge >= 0.3 is 6.09 Å². The summed E-state index contributed by atoms with van der Waals surface area (Å²) in [6.45, 7) is 6.40. The minimum atomic E-state index is -1.26. The number of rotatable bonds is 8. The van der Waals surface area contributed by atoms with Crippen molar-refractivity contribution in [1.29, 1.82) is 0 Å². The highest BCUT2D eigenvalue weighted by molar-refractivity contribution is 5.92. The van der Waals surface area contributed by atoms with E-state index in [1.54, 1.807) is 52.0 Å². The molecule has 1 aromatic rings. The number of likely N-dealkylation sites (N-methyl/N-ethyl adjacent to an activating group) is 1. The summed E-state index contributed by atoms with van der Waals surface area (Å²) in [5.74, 6) is 1.66. The normalized spacial score (nSPS) is 16.0. The van der Waals surface area contributed by atoms with Gasteiger partial charge in [0.1, 0.15) is 17.7 Å². The van der Waals surface area contributed by atoms with Crippen molar-refractivity contribution in [2.45, 2.75) is 83.5 Å². The molecule has 1 aromatic carbocycles. The molecule has 0 spiro atoms. The van der Waals surface area contributed by atoms with E-state index >= 15 is 0 Å². The lowest BCUT2D eigenvalue weighted by Crippen LogP contribution is -2.55. The van der Waals surface area contributed by atoms with Gasteiger partial charge in [-0.1, -0.05) is 37.3 Å². The van der Waals surface area contributed by atoms with Crippen LogP contribution in [0.25, 0.3) is 0 Å². The molecule has 1 saturated carbocycles. The van der Waals surface area contributed by atoms with Gasteiger partial charge in [0.05, 0.1) is 6.61 Å². The van der Waals surface area contributed by atoms with E-state index in [9.17, 15) is 19.5 Å². The molecule has 0 saturated heterocycles. The van der Waals surface area contributed by atoms with Crippen LogP contribution >= 0.6 is 0 Å². The van der Waals surface area contributed by atoms with Crippen LogP contribution in [0.4, 0.5) is 4.79 Å². The van der Waals surface area contributed by atoms with Gasteiger partial charge in [-0.25, -0.2) is 4.79 Å². The van der Waals surface area contributed by atoms with Crippen molar-refractivity contribution in [3.8, 4) is 12.3 Å². The Labute approximate surface area is 202 Å². The Balaban J connectivity index is 2.32. The molecule has 8 nitrogen and oxygen atoms in total. The number of ether oxygens (including phenoxy) is 1. The monoisotopic (exact) mass is 471 g/mol. The molecule has 1 aliphatic carbocycles. The average Bonchev–Trinajstić information content (AvgIpc) is 2.80. The first kappa shape index (κ1) is 27.2. The number of amides is 3. The third kappa shape index (κ3) is 7.77. The van der Waals surface area contributed by atoms with Gasteiger partial charge in [-0.15, -0.1) is 6.42 Å². The van der Waals surface area contributed by atoms with E-state index < -0.39 is 36.3 Å². The van der Waals surface area contributed by atoms with Crippen LogP contribution in [0.1, 0.15) is 77.0 Å². The lowest BCUT2D eigenvalue weighted by atomic mass is 9.94. The van der Waals surface area contributed by atoms with Gasteiger partial charge in [0.25, 0.3) is 0 Å². The summed E-state index contributed by atoms with van der Waals surface area (Å²) in [4.78, 5) is 40.5. The number of benzene rings is 1. The Hall–Kier alpha value is -3.05. The Morgan fingerprint density at radius 3 is 2.29 bits per heavy atom. The topological polar surface area (TPSA) is 108 Å². The third-order valence-corrected chi connectivity index (χ3v) is 5.70. The summed E-state index contributed by atoms with van der Waals surface area (Å²) >= 11 is 0. The lowest BCUT2D eigenvalue weighted by Gasteiger charge is -2.34. The van der Waals surface area contributed by atoms with Gasteiger partial charge in [-0.3, -0.25) is 9.59 Å². The number of alkyl carbamates (subject to hydrolysis) is 1. The van der Waals surface area contributed by atoms with Gasteiger partial charge in [-0.05, 0) is 58.2 Å². The van der Waals surface area contributed by atoms with E-state index in [0.717, 1.165) is 32.1 Å². The smallest absolute Gasteiger partial charge is 0.408 e. The zero-order valence-corrected chi connectivity index (χ0v) is 20.6. The van der Waals surface area contributed by atoms with E-state index in [2.05, 4.69) is 16.6 Å². The first-order valence-electron chi connectivity index (χ1n) is 11.9. The van der Waals surface area contributed by atoms with Crippen molar-refractivity contribution >= 4 is 17.9 Å². The number of aliphatic hydroxyl groups is 1. The van der Waals surface area contributed by atoms with Crippen LogP contribution in [0.3, 0.4) is 0 Å². The van der Waals surface area contributed by atoms with E-state index in [-0.39, 0.29) is 18.5 Å². The molecule has 186 valence electrons. The fourth-order valence-corrected chi connectivity index (χ4v) is 4.06. The summed E-state index contributed by atoms with van der Waals surface area (Å²) in [7, 11) is 0. The highest BCUT2D eigenvalue weighted by Gasteiger charge is 2.36. The fraction of sp³-hybridized carbons (Fsp3) is 0.577. The number of aliphatic hydroxyl groups excluding tert-OH is 1. The van der Waals surface area contributed by atoms with Crippen LogP contribution in [0, 0.1) is 12.3 Å². The van der Waals surface area contributed by atoms with Crippen LogP contribution in [0.2, 0.25) is 0 Å². The lowest BCUT2D eigenvalue weighted by molar-refractivity contribution is -0.143. The van der Waals surface area contributed by atoms with Crippen LogP contribution in [0.5, 0.6) is 0 Å². The minimum Gasteiger partial charge on any atom is -0.444 e. The maximum absolute atomic E-state index is 13.5. The predicted octanol–water partition coefficient (Wildman–Crippen LogP) is 2.89. The van der Waals surface area contributed by atoms with E-state index in [4.69, 9.17) is 11.2 Å². The zero-order valence-electron chi connectivity index (χ0n) is 20.6. The van der Waals surface area contributed by atoms with Gasteiger partial charge in [0.15, 0.2) is 0 Å². The SMILES string of the molecule is C#Cc1ccc(C(C(=O)NC2CCCCC2)N(CC)C(=O)C(CO)NC(=O)OC(C)(C)C)cc1. The van der Waals surface area contributed by atoms with Crippen molar-refractivity contribution in [3.63, 3.8) is 0 Å². The first-order chi connectivity index (χ1) is 16.1. The summed E-state index contributed by atoms with van der Waals surface area (Å²) in [5.41, 5.74) is 0.486. The molecule has 2 unspecified atom stereocenters. The van der Waals surface area contributed by atoms with Crippen LogP contribution < -0.4 is 10.6 Å². The summed E-state index contributed by atoms with van der Waals surface area (Å²) in [5, 5.41) is 15.4. The number of carbonyl (C=O) groups is 3. The number of carbonyl (C=O) groups excluding carboxylic acids is 3. The first-order valence-corrected chi connectivity index (χ1v) is 11.9. The number of terminal acetylenes is 1. The second kappa shape index (κ2) is 12.4. The predicted molar refractivity (Wildman–Crippen MR) is 130 cm³/mol. The van der Waals surface area contributed by atoms with Crippen molar-refractivity contribution in [3.05, 3.63) is 35.4 Å². The van der Waals surface area contributed by atoms with Crippen LogP contribution in [-0.2, 0) is 14.3 Å². The van der Waals surface area contributed by atoms with Crippen LogP contribution in [-0.4, -0.2) is 58.8 Å². The molecule has 8 heteroatoms. The quantitative estimate of drug-likeness (QED) is 0.506. The van der Waals surface area contributed by atoms with E-state index in [1.807, 2.05) is 0 Å². The fourth-order valence-electron chi connectivity index (χ4n) is 4.06. The molecule has 0 aromatic heterocycles. The number of hydrogen-bond donors (Lipinski definition) is 3. The van der Waals surface area contributed by atoms with E-state index in [1.165, 1.54) is 4.90 Å². The highest BCUT2D eigenvalue weighted by Crippen LogP contribution is 2.25. The van der Waals surface area contributed by atoms with Crippen molar-refractivity contribution < 1.29 is 24.2 Å². The minimum absolute atomic E-state index is 0.0519. The molecule has 3 amide bonds. The molecule has 0 radical (unpaired) electrons. The molecule has 1 aliphatic rings. The Kier molecular flexibility index (Phi) is 9.94. The molecule has 34 heavy (non-hydrogen) atoms. The average molecular weight is 472 g/mol. The Morgan fingerprint density at radius 2 is 1.79 bits per heavy atom. The van der Waals surface area contributed by atoms with Gasteiger partial charge < -0.3 is 25.4 Å². The Morgan fingerprint density at radius 1 is 1.18 bits per heavy atom. The molecule has 0 heterocycles. The van der Waals surface area contributed by atoms with Gasteiger partial charge in [-0.2, -0.15) is 0 Å². The highest BCUT2D eigenvalue weighted by atomic mass is 16.6. The largest absolute Gasteiger partial charge is 0.444 e. The molecule has 2 rings (SSSR count). The second-order valence-corrected chi connectivity index (χ2v) is 9.52. The summed E-state index contributed by atoms with van der Waals surface area (Å²) in [6.07, 6.45) is 9.69. The maximum atomic E-state index is 13.5. The number of nitrogens with zero attached hydrogens (tertiary/aromatic N) is 1. The summed E-state index contributed by atoms with van der Waals surface area (Å²) in [6, 6.07) is 4.74. The molecular formula is C26H37N3O5. The molecule has 1 fully saturated rings. The molecular weight excluding hydrogens is 434 g/mol. The molecule has 3 N–H and O–H groups in total. The Bertz CT molecular complexity index is 879. The number of hydrogen-bond acceptors (Lipinski definition) is 5. The zero-order chi connectivity index (χ0) is 25.3. The molecule has 2 atom stereocenters. The number of nitrogens with one attached hydrogen (secondary N) is 2. The standard InChI is InChI=1S/C26H37N3O5/c1-6-18-13-15-19(16-14-18)22(23(31)27-20-11-9-8-10-12-20)29(7-2)24(32)21(17-30)28-25(33)34-26(3,4)5/h1,13-16,20-22,30H,7-12,17H2,2-5H3,(H,27,31)(H,28,33). The van der Waals surface area contributed by atoms with Gasteiger partial charge in [0.2, 0.25) is 11.8 Å².